The van der Waals surface area contributed by atoms with E-state index in [2.05, 4.69) is 13.8 Å². The highest BCUT2D eigenvalue weighted by Gasteiger charge is 2.20. The van der Waals surface area contributed by atoms with E-state index in [-0.39, 0.29) is 0 Å². The molecule has 0 bridgehead atoms. The number of hydrogen-bond donors (Lipinski definition) is 1. The fourth-order valence-electron chi connectivity index (χ4n) is 2.51. The first kappa shape index (κ1) is 14.7. The van der Waals surface area contributed by atoms with Crippen LogP contribution in [0.4, 0.5) is 0 Å². The second-order valence-electron chi connectivity index (χ2n) is 5.92. The van der Waals surface area contributed by atoms with Crippen molar-refractivity contribution in [2.24, 2.45) is 5.41 Å². The lowest BCUT2D eigenvalue weighted by Crippen LogP contribution is -2.20. The summed E-state index contributed by atoms with van der Waals surface area (Å²) in [6, 6.07) is 0. The average molecular weight is 260 g/mol. The van der Waals surface area contributed by atoms with Gasteiger partial charge in [-0.25, -0.2) is 13.0 Å². The SMILES string of the molecule is C/[N+]1=C(\[SH](=O)=O)CCCCC(C)(C)CCCC1. The van der Waals surface area contributed by atoms with Crippen molar-refractivity contribution in [2.75, 3.05) is 13.6 Å². The van der Waals surface area contributed by atoms with Gasteiger partial charge in [-0.1, -0.05) is 20.3 Å². The molecule has 0 aromatic rings. The smallest absolute Gasteiger partial charge is 0.227 e. The van der Waals surface area contributed by atoms with Crippen molar-refractivity contribution in [2.45, 2.75) is 58.8 Å². The highest BCUT2D eigenvalue weighted by atomic mass is 32.2. The Kier molecular flexibility index (Phi) is 5.63. The molecular weight excluding hydrogens is 234 g/mol. The van der Waals surface area contributed by atoms with Gasteiger partial charge in [-0.15, -0.1) is 0 Å². The van der Waals surface area contributed by atoms with E-state index in [1.165, 1.54) is 19.3 Å². The molecule has 0 saturated carbocycles. The molecule has 1 rings (SSSR count). The van der Waals surface area contributed by atoms with E-state index in [0.717, 1.165) is 25.8 Å². The van der Waals surface area contributed by atoms with Crippen LogP contribution in [0.1, 0.15) is 58.8 Å². The highest BCUT2D eigenvalue weighted by Crippen LogP contribution is 2.30. The summed E-state index contributed by atoms with van der Waals surface area (Å²) in [6.45, 7) is 5.52. The Morgan fingerprint density at radius 1 is 1.06 bits per heavy atom. The van der Waals surface area contributed by atoms with Crippen LogP contribution in [0.25, 0.3) is 0 Å². The summed E-state index contributed by atoms with van der Waals surface area (Å²) in [5, 5.41) is 0.625. The molecule has 1 heterocycles. The first-order chi connectivity index (χ1) is 7.92. The molecule has 0 atom stereocenters. The van der Waals surface area contributed by atoms with Crippen LogP contribution in [-0.2, 0) is 10.7 Å². The van der Waals surface area contributed by atoms with Gasteiger partial charge in [0.15, 0.2) is 0 Å². The molecule has 17 heavy (non-hydrogen) atoms. The number of thiol groups is 1. The van der Waals surface area contributed by atoms with Crippen LogP contribution >= 0.6 is 0 Å². The molecular formula is C13H26NO2S+. The molecule has 0 aliphatic carbocycles. The molecule has 0 aromatic heterocycles. The second kappa shape index (κ2) is 6.53. The topological polar surface area (TPSA) is 37.1 Å². The van der Waals surface area contributed by atoms with Gasteiger partial charge in [-0.3, -0.25) is 0 Å². The van der Waals surface area contributed by atoms with E-state index >= 15 is 0 Å². The molecule has 1 aliphatic rings. The van der Waals surface area contributed by atoms with Crippen molar-refractivity contribution >= 4 is 15.7 Å². The van der Waals surface area contributed by atoms with E-state index in [1.54, 1.807) is 0 Å². The predicted molar refractivity (Wildman–Crippen MR) is 72.5 cm³/mol. The van der Waals surface area contributed by atoms with E-state index in [0.29, 0.717) is 16.9 Å². The van der Waals surface area contributed by atoms with Gasteiger partial charge in [0.25, 0.3) is 5.04 Å². The Morgan fingerprint density at radius 2 is 1.65 bits per heavy atom. The van der Waals surface area contributed by atoms with Crippen LogP contribution in [0.3, 0.4) is 0 Å². The second-order valence-corrected chi connectivity index (χ2v) is 6.95. The Balaban J connectivity index is 2.72. The minimum atomic E-state index is -2.40. The van der Waals surface area contributed by atoms with Crippen molar-refractivity contribution in [1.82, 2.24) is 0 Å². The summed E-state index contributed by atoms with van der Waals surface area (Å²) in [7, 11) is -0.491. The predicted octanol–water partition coefficient (Wildman–Crippen LogP) is 2.41. The van der Waals surface area contributed by atoms with Crippen molar-refractivity contribution in [3.63, 3.8) is 0 Å². The molecule has 0 radical (unpaired) electrons. The standard InChI is InChI=1S/C13H26NO2S/c1-13(2)9-5-4-8-12(17(15)16)14(3)11-7-6-10-13/h17H,4-11H2,1-3H3/q+1/b14-12+. The van der Waals surface area contributed by atoms with Crippen LogP contribution in [0.15, 0.2) is 0 Å². The molecule has 1 aliphatic heterocycles. The zero-order valence-electron chi connectivity index (χ0n) is 11.4. The number of rotatable bonds is 0. The van der Waals surface area contributed by atoms with E-state index in [4.69, 9.17) is 0 Å². The minimum Gasteiger partial charge on any atom is -0.227 e. The highest BCUT2D eigenvalue weighted by molar-refractivity contribution is 7.89. The van der Waals surface area contributed by atoms with Crippen molar-refractivity contribution in [1.29, 1.82) is 0 Å². The third-order valence-corrected chi connectivity index (χ3v) is 4.74. The lowest BCUT2D eigenvalue weighted by molar-refractivity contribution is -0.496. The van der Waals surface area contributed by atoms with Crippen LogP contribution in [0.5, 0.6) is 0 Å². The summed E-state index contributed by atoms with van der Waals surface area (Å²) >= 11 is 0. The quantitative estimate of drug-likeness (QED) is 0.536. The third-order valence-electron chi connectivity index (χ3n) is 3.75. The summed E-state index contributed by atoms with van der Waals surface area (Å²) < 4.78 is 24.3. The molecule has 0 fully saturated rings. The van der Waals surface area contributed by atoms with E-state index in [9.17, 15) is 8.42 Å². The molecule has 0 spiro atoms. The zero-order chi connectivity index (χ0) is 12.9. The van der Waals surface area contributed by atoms with Gasteiger partial charge in [0, 0.05) is 12.8 Å². The third kappa shape index (κ3) is 5.19. The Hall–Kier alpha value is -0.380. The first-order valence-corrected chi connectivity index (χ1v) is 7.81. The Morgan fingerprint density at radius 3 is 2.24 bits per heavy atom. The summed E-state index contributed by atoms with van der Waals surface area (Å²) in [5.74, 6) is 0. The van der Waals surface area contributed by atoms with Gasteiger partial charge in [0.2, 0.25) is 10.7 Å². The van der Waals surface area contributed by atoms with Gasteiger partial charge in [0.1, 0.15) is 13.6 Å². The van der Waals surface area contributed by atoms with Crippen molar-refractivity contribution in [3.8, 4) is 0 Å². The maximum atomic E-state index is 11.2. The maximum absolute atomic E-state index is 11.2. The summed E-state index contributed by atoms with van der Waals surface area (Å²) in [4.78, 5) is 0. The molecule has 0 saturated heterocycles. The van der Waals surface area contributed by atoms with Gasteiger partial charge < -0.3 is 0 Å². The van der Waals surface area contributed by atoms with Crippen LogP contribution in [0.2, 0.25) is 0 Å². The summed E-state index contributed by atoms with van der Waals surface area (Å²) in [5.41, 5.74) is 0.419. The van der Waals surface area contributed by atoms with Crippen LogP contribution in [-0.4, -0.2) is 31.6 Å². The minimum absolute atomic E-state index is 0.419. The van der Waals surface area contributed by atoms with Crippen LogP contribution < -0.4 is 0 Å². The van der Waals surface area contributed by atoms with Gasteiger partial charge in [0.05, 0.1) is 0 Å². The van der Waals surface area contributed by atoms with Gasteiger partial charge >= 0.3 is 0 Å². The van der Waals surface area contributed by atoms with E-state index < -0.39 is 10.7 Å². The van der Waals surface area contributed by atoms with Gasteiger partial charge in [-0.05, 0) is 31.1 Å². The molecule has 0 unspecified atom stereocenters. The molecule has 0 N–H and O–H groups in total. The molecule has 0 aromatic carbocycles. The lowest BCUT2D eigenvalue weighted by Gasteiger charge is -2.23. The Labute approximate surface area is 107 Å². The number of nitrogens with zero attached hydrogens (tertiary/aromatic N) is 1. The maximum Gasteiger partial charge on any atom is 0.265 e. The lowest BCUT2D eigenvalue weighted by atomic mass is 9.82. The first-order valence-electron chi connectivity index (χ1n) is 6.64. The summed E-state index contributed by atoms with van der Waals surface area (Å²) in [6.07, 6.45) is 7.58. The van der Waals surface area contributed by atoms with Crippen molar-refractivity contribution in [3.05, 3.63) is 0 Å². The van der Waals surface area contributed by atoms with E-state index in [1.807, 2.05) is 11.6 Å². The fourth-order valence-corrected chi connectivity index (χ4v) is 3.23. The van der Waals surface area contributed by atoms with Gasteiger partial charge in [-0.2, -0.15) is 0 Å². The normalized spacial score (nSPS) is 27.8. The Bertz CT molecular complexity index is 348. The zero-order valence-corrected chi connectivity index (χ0v) is 12.3. The van der Waals surface area contributed by atoms with Crippen molar-refractivity contribution < 1.29 is 13.0 Å². The molecule has 100 valence electrons. The molecule has 0 amide bonds. The monoisotopic (exact) mass is 260 g/mol. The fraction of sp³-hybridized carbons (Fsp3) is 0.923. The molecule has 4 heteroatoms. The molecule has 3 nitrogen and oxygen atoms in total. The average Bonchev–Trinajstić information content (AvgIpc) is 2.25. The number of hydrogen-bond acceptors (Lipinski definition) is 2. The van der Waals surface area contributed by atoms with Crippen LogP contribution in [0, 0.1) is 5.41 Å². The largest absolute Gasteiger partial charge is 0.265 e.